The van der Waals surface area contributed by atoms with Crippen molar-refractivity contribution >= 4 is 16.0 Å². The largest absolute Gasteiger partial charge is 0.494 e. The Morgan fingerprint density at radius 3 is 2.31 bits per heavy atom. The standard InChI is InChI=1S/C24H27N5O5S/c1-15-9-11-18(25-14-15)13-17(3)35(30,31)28-24-27-26-23(21-12-10-16(2)34-21)29(24)22-19(32-4)7-6-8-20(22)33-5/h6-12,14,17H,13H2,1-5H3,(H,27,28)/t17-/m0/s1. The number of rotatable bonds is 9. The summed E-state index contributed by atoms with van der Waals surface area (Å²) in [4.78, 5) is 4.32. The molecule has 0 unspecified atom stereocenters. The maximum Gasteiger partial charge on any atom is 0.243 e. The molecule has 0 saturated carbocycles. The maximum absolute atomic E-state index is 13.3. The summed E-state index contributed by atoms with van der Waals surface area (Å²) >= 11 is 0. The van der Waals surface area contributed by atoms with E-state index in [2.05, 4.69) is 19.9 Å². The van der Waals surface area contributed by atoms with Gasteiger partial charge in [0, 0.05) is 18.3 Å². The zero-order valence-electron chi connectivity index (χ0n) is 20.1. The van der Waals surface area contributed by atoms with E-state index in [0.717, 1.165) is 5.56 Å². The molecule has 10 nitrogen and oxygen atoms in total. The average Bonchev–Trinajstić information content (AvgIpc) is 3.45. The molecule has 3 heterocycles. The molecule has 11 heteroatoms. The quantitative estimate of drug-likeness (QED) is 0.369. The number of pyridine rings is 1. The monoisotopic (exact) mass is 497 g/mol. The third-order valence-corrected chi connectivity index (χ3v) is 7.17. The highest BCUT2D eigenvalue weighted by Gasteiger charge is 2.29. The molecule has 0 aliphatic heterocycles. The van der Waals surface area contributed by atoms with Crippen LogP contribution >= 0.6 is 0 Å². The first-order chi connectivity index (χ1) is 16.7. The zero-order chi connectivity index (χ0) is 25.2. The molecule has 1 atom stereocenters. The van der Waals surface area contributed by atoms with Gasteiger partial charge in [0.15, 0.2) is 5.76 Å². The molecule has 0 fully saturated rings. The molecular weight excluding hydrogens is 470 g/mol. The molecule has 0 bridgehead atoms. The van der Waals surface area contributed by atoms with Gasteiger partial charge in [-0.15, -0.1) is 10.2 Å². The number of furan rings is 1. The van der Waals surface area contributed by atoms with E-state index in [-0.39, 0.29) is 18.2 Å². The second kappa shape index (κ2) is 9.79. The molecule has 1 aromatic carbocycles. The lowest BCUT2D eigenvalue weighted by molar-refractivity contribution is 0.391. The Kier molecular flexibility index (Phi) is 6.79. The maximum atomic E-state index is 13.3. The van der Waals surface area contributed by atoms with Crippen molar-refractivity contribution in [2.45, 2.75) is 32.4 Å². The van der Waals surface area contributed by atoms with Crippen LogP contribution < -0.4 is 14.2 Å². The Bertz CT molecular complexity index is 1400. The van der Waals surface area contributed by atoms with Crippen molar-refractivity contribution in [3.8, 4) is 28.8 Å². The van der Waals surface area contributed by atoms with Crippen molar-refractivity contribution in [3.63, 3.8) is 0 Å². The number of ether oxygens (including phenoxy) is 2. The number of hydrogen-bond donors (Lipinski definition) is 1. The number of aryl methyl sites for hydroxylation is 2. The Labute approximate surface area is 204 Å². The van der Waals surface area contributed by atoms with Crippen LogP contribution in [0.3, 0.4) is 0 Å². The fraction of sp³-hybridized carbons (Fsp3) is 0.292. The van der Waals surface area contributed by atoms with E-state index in [1.54, 1.807) is 50.4 Å². The van der Waals surface area contributed by atoms with E-state index in [1.165, 1.54) is 18.8 Å². The molecule has 0 saturated heterocycles. The predicted octanol–water partition coefficient (Wildman–Crippen LogP) is 3.93. The molecule has 4 rings (SSSR count). The van der Waals surface area contributed by atoms with Crippen LogP contribution in [0.15, 0.2) is 53.1 Å². The summed E-state index contributed by atoms with van der Waals surface area (Å²) < 4.78 is 47.6. The van der Waals surface area contributed by atoms with Crippen molar-refractivity contribution in [3.05, 3.63) is 65.7 Å². The van der Waals surface area contributed by atoms with Gasteiger partial charge in [0.25, 0.3) is 0 Å². The first-order valence-electron chi connectivity index (χ1n) is 10.9. The Morgan fingerprint density at radius 2 is 1.74 bits per heavy atom. The van der Waals surface area contributed by atoms with E-state index in [0.29, 0.717) is 34.4 Å². The van der Waals surface area contributed by atoms with Crippen LogP contribution in [0.1, 0.15) is 23.9 Å². The molecule has 184 valence electrons. The molecule has 1 N–H and O–H groups in total. The van der Waals surface area contributed by atoms with Crippen LogP contribution in [0, 0.1) is 13.8 Å². The van der Waals surface area contributed by atoms with Crippen molar-refractivity contribution in [1.82, 2.24) is 19.7 Å². The number of hydrogen-bond acceptors (Lipinski definition) is 8. The number of benzene rings is 1. The fourth-order valence-electron chi connectivity index (χ4n) is 3.58. The van der Waals surface area contributed by atoms with Gasteiger partial charge in [0.1, 0.15) is 22.9 Å². The van der Waals surface area contributed by atoms with E-state index < -0.39 is 15.3 Å². The van der Waals surface area contributed by atoms with Crippen LogP contribution in [0.25, 0.3) is 17.3 Å². The van der Waals surface area contributed by atoms with E-state index in [1.807, 2.05) is 19.1 Å². The second-order valence-corrected chi connectivity index (χ2v) is 10.2. The number of sulfonamides is 1. The van der Waals surface area contributed by atoms with Gasteiger partial charge in [-0.2, -0.15) is 0 Å². The van der Waals surface area contributed by atoms with E-state index in [4.69, 9.17) is 13.9 Å². The van der Waals surface area contributed by atoms with Crippen LogP contribution in [0.2, 0.25) is 0 Å². The Hall–Kier alpha value is -3.86. The minimum absolute atomic E-state index is 0.0273. The van der Waals surface area contributed by atoms with Crippen molar-refractivity contribution in [2.24, 2.45) is 0 Å². The highest BCUT2D eigenvalue weighted by atomic mass is 32.2. The summed E-state index contributed by atoms with van der Waals surface area (Å²) in [5, 5.41) is 7.59. The molecular formula is C24H27N5O5S. The minimum atomic E-state index is -3.88. The number of methoxy groups -OCH3 is 2. The average molecular weight is 498 g/mol. The lowest BCUT2D eigenvalue weighted by Gasteiger charge is -2.18. The second-order valence-electron chi connectivity index (χ2n) is 8.09. The van der Waals surface area contributed by atoms with Crippen LogP contribution in [0.5, 0.6) is 11.5 Å². The van der Waals surface area contributed by atoms with Crippen molar-refractivity contribution in [2.75, 3.05) is 18.9 Å². The van der Waals surface area contributed by atoms with Gasteiger partial charge in [0.2, 0.25) is 21.8 Å². The number of nitrogens with zero attached hydrogens (tertiary/aromatic N) is 4. The lowest BCUT2D eigenvalue weighted by Crippen LogP contribution is -2.28. The van der Waals surface area contributed by atoms with Crippen LogP contribution in [-0.4, -0.2) is 47.6 Å². The molecule has 0 radical (unpaired) electrons. The van der Waals surface area contributed by atoms with Crippen LogP contribution in [-0.2, 0) is 16.4 Å². The van der Waals surface area contributed by atoms with Gasteiger partial charge in [-0.3, -0.25) is 14.3 Å². The van der Waals surface area contributed by atoms with Gasteiger partial charge in [-0.05, 0) is 56.7 Å². The SMILES string of the molecule is COc1cccc(OC)c1-n1c(NS(=O)(=O)[C@@H](C)Cc2ccc(C)cn2)nnc1-c1ccc(C)o1. The molecule has 0 aliphatic carbocycles. The molecule has 3 aromatic heterocycles. The zero-order valence-corrected chi connectivity index (χ0v) is 21.0. The number of anilines is 1. The summed E-state index contributed by atoms with van der Waals surface area (Å²) in [5.74, 6) is 2.21. The van der Waals surface area contributed by atoms with Crippen molar-refractivity contribution in [1.29, 1.82) is 0 Å². The predicted molar refractivity (Wildman–Crippen MR) is 132 cm³/mol. The normalized spacial score (nSPS) is 12.4. The molecule has 0 aliphatic rings. The van der Waals surface area contributed by atoms with Gasteiger partial charge >= 0.3 is 0 Å². The summed E-state index contributed by atoms with van der Waals surface area (Å²) in [5.41, 5.74) is 2.10. The van der Waals surface area contributed by atoms with Gasteiger partial charge in [-0.1, -0.05) is 12.1 Å². The first kappa shape index (κ1) is 24.3. The summed E-state index contributed by atoms with van der Waals surface area (Å²) in [6.07, 6.45) is 1.94. The minimum Gasteiger partial charge on any atom is -0.494 e. The van der Waals surface area contributed by atoms with Crippen LogP contribution in [0.4, 0.5) is 5.95 Å². The van der Waals surface area contributed by atoms with Gasteiger partial charge in [-0.25, -0.2) is 8.42 Å². The van der Waals surface area contributed by atoms with Gasteiger partial charge in [0.05, 0.1) is 19.5 Å². The number of nitrogens with one attached hydrogen (secondary N) is 1. The van der Waals surface area contributed by atoms with E-state index in [9.17, 15) is 8.42 Å². The highest BCUT2D eigenvalue weighted by molar-refractivity contribution is 7.93. The third kappa shape index (κ3) is 4.99. The third-order valence-electron chi connectivity index (χ3n) is 5.48. The number of aromatic nitrogens is 4. The summed E-state index contributed by atoms with van der Waals surface area (Å²) in [6, 6.07) is 12.5. The summed E-state index contributed by atoms with van der Waals surface area (Å²) in [6.45, 7) is 5.35. The molecule has 0 amide bonds. The van der Waals surface area contributed by atoms with Gasteiger partial charge < -0.3 is 13.9 Å². The fourth-order valence-corrected chi connectivity index (χ4v) is 4.56. The molecule has 35 heavy (non-hydrogen) atoms. The first-order valence-corrected chi connectivity index (χ1v) is 12.4. The Balaban J connectivity index is 1.79. The smallest absolute Gasteiger partial charge is 0.243 e. The highest BCUT2D eigenvalue weighted by Crippen LogP contribution is 2.38. The van der Waals surface area contributed by atoms with Crippen molar-refractivity contribution < 1.29 is 22.3 Å². The Morgan fingerprint density at radius 1 is 1.03 bits per heavy atom. The molecule has 4 aromatic rings. The van der Waals surface area contributed by atoms with E-state index >= 15 is 0 Å². The number of para-hydroxylation sites is 1. The topological polar surface area (TPSA) is 121 Å². The summed E-state index contributed by atoms with van der Waals surface area (Å²) in [7, 11) is -0.853. The lowest BCUT2D eigenvalue weighted by atomic mass is 10.2. The molecule has 0 spiro atoms.